The van der Waals surface area contributed by atoms with E-state index in [1.165, 1.54) is 6.42 Å². The second kappa shape index (κ2) is 6.87. The first-order valence-electron chi connectivity index (χ1n) is 7.11. The maximum absolute atomic E-state index is 5.30. The summed E-state index contributed by atoms with van der Waals surface area (Å²) in [4.78, 5) is 6.77. The summed E-state index contributed by atoms with van der Waals surface area (Å²) < 4.78 is 5.30. The van der Waals surface area contributed by atoms with Gasteiger partial charge in [-0.1, -0.05) is 19.9 Å². The van der Waals surface area contributed by atoms with Gasteiger partial charge in [0.15, 0.2) is 0 Å². The summed E-state index contributed by atoms with van der Waals surface area (Å²) in [5, 5.41) is 3.72. The molecule has 1 aromatic rings. The lowest BCUT2D eigenvalue weighted by molar-refractivity contribution is 0.141. The lowest BCUT2D eigenvalue weighted by atomic mass is 10.0. The van der Waals surface area contributed by atoms with E-state index in [0.717, 1.165) is 25.5 Å². The number of aromatic nitrogens is 1. The van der Waals surface area contributed by atoms with Gasteiger partial charge in [-0.15, -0.1) is 0 Å². The molecule has 1 aliphatic heterocycles. The predicted molar refractivity (Wildman–Crippen MR) is 78.5 cm³/mol. The van der Waals surface area contributed by atoms with Gasteiger partial charge in [-0.05, 0) is 24.5 Å². The number of hydrogen-bond acceptors (Lipinski definition) is 4. The van der Waals surface area contributed by atoms with Gasteiger partial charge in [-0.3, -0.25) is 0 Å². The van der Waals surface area contributed by atoms with Gasteiger partial charge in [0.05, 0.1) is 6.61 Å². The van der Waals surface area contributed by atoms with Gasteiger partial charge < -0.3 is 15.0 Å². The molecule has 106 valence electrons. The van der Waals surface area contributed by atoms with Gasteiger partial charge in [0.2, 0.25) is 0 Å². The van der Waals surface area contributed by atoms with E-state index >= 15 is 0 Å². The highest BCUT2D eigenvalue weighted by Crippen LogP contribution is 2.18. The Morgan fingerprint density at radius 2 is 2.32 bits per heavy atom. The minimum atomic E-state index is 0.429. The minimum absolute atomic E-state index is 0.429. The largest absolute Gasteiger partial charge is 0.383 e. The van der Waals surface area contributed by atoms with Crippen LogP contribution in [0.15, 0.2) is 24.4 Å². The Bertz CT molecular complexity index is 369. The van der Waals surface area contributed by atoms with Crippen molar-refractivity contribution in [1.82, 2.24) is 10.3 Å². The van der Waals surface area contributed by atoms with E-state index in [9.17, 15) is 0 Å². The predicted octanol–water partition coefficient (Wildman–Crippen LogP) is 1.92. The monoisotopic (exact) mass is 263 g/mol. The van der Waals surface area contributed by atoms with E-state index in [-0.39, 0.29) is 0 Å². The molecule has 2 heterocycles. The highest BCUT2D eigenvalue weighted by molar-refractivity contribution is 5.39. The van der Waals surface area contributed by atoms with Crippen molar-refractivity contribution >= 4 is 5.82 Å². The number of ether oxygens (including phenoxy) is 1. The number of hydrogen-bond donors (Lipinski definition) is 1. The number of pyridine rings is 1. The first-order chi connectivity index (χ1) is 9.20. The maximum Gasteiger partial charge on any atom is 0.128 e. The van der Waals surface area contributed by atoms with Crippen LogP contribution in [0.5, 0.6) is 0 Å². The molecular formula is C15H25N3O. The van der Waals surface area contributed by atoms with Crippen LogP contribution in [-0.2, 0) is 4.74 Å². The Balaban J connectivity index is 1.88. The molecule has 1 N–H and O–H groups in total. The third kappa shape index (κ3) is 3.91. The first-order valence-corrected chi connectivity index (χ1v) is 7.11. The second-order valence-electron chi connectivity index (χ2n) is 5.59. The molecule has 4 heteroatoms. The number of nitrogens with zero attached hydrogens (tertiary/aromatic N) is 2. The molecule has 1 saturated heterocycles. The van der Waals surface area contributed by atoms with E-state index in [2.05, 4.69) is 35.1 Å². The van der Waals surface area contributed by atoms with Crippen molar-refractivity contribution in [3.8, 4) is 0 Å². The summed E-state index contributed by atoms with van der Waals surface area (Å²) in [6.45, 7) is 7.36. The molecule has 0 aliphatic carbocycles. The molecule has 1 fully saturated rings. The quantitative estimate of drug-likeness (QED) is 0.851. The first kappa shape index (κ1) is 14.3. The van der Waals surface area contributed by atoms with Crippen LogP contribution in [0.25, 0.3) is 0 Å². The molecule has 0 aromatic carbocycles. The summed E-state index contributed by atoms with van der Waals surface area (Å²) in [5.41, 5.74) is 0. The maximum atomic E-state index is 5.30. The topological polar surface area (TPSA) is 37.4 Å². The third-order valence-electron chi connectivity index (χ3n) is 3.76. The zero-order valence-electron chi connectivity index (χ0n) is 12.2. The average Bonchev–Trinajstić information content (AvgIpc) is 2.88. The van der Waals surface area contributed by atoms with E-state index in [1.54, 1.807) is 7.11 Å². The molecule has 2 atom stereocenters. The van der Waals surface area contributed by atoms with Crippen molar-refractivity contribution in [2.24, 2.45) is 5.92 Å². The van der Waals surface area contributed by atoms with Crippen LogP contribution in [-0.4, -0.2) is 43.9 Å². The summed E-state index contributed by atoms with van der Waals surface area (Å²) in [6.07, 6.45) is 3.03. The van der Waals surface area contributed by atoms with Crippen LogP contribution in [0.1, 0.15) is 20.3 Å². The number of rotatable bonds is 6. The summed E-state index contributed by atoms with van der Waals surface area (Å²) >= 11 is 0. The molecule has 0 bridgehead atoms. The molecule has 19 heavy (non-hydrogen) atoms. The van der Waals surface area contributed by atoms with Crippen molar-refractivity contribution in [3.05, 3.63) is 24.4 Å². The molecule has 0 unspecified atom stereocenters. The molecule has 0 radical (unpaired) electrons. The Morgan fingerprint density at radius 1 is 1.47 bits per heavy atom. The summed E-state index contributed by atoms with van der Waals surface area (Å²) in [6, 6.07) is 7.05. The number of nitrogens with one attached hydrogen (secondary N) is 1. The van der Waals surface area contributed by atoms with Crippen molar-refractivity contribution in [3.63, 3.8) is 0 Å². The fraction of sp³-hybridized carbons (Fsp3) is 0.667. The molecule has 1 aliphatic rings. The number of anilines is 1. The fourth-order valence-electron chi connectivity index (χ4n) is 2.56. The van der Waals surface area contributed by atoms with Gasteiger partial charge in [-0.2, -0.15) is 0 Å². The van der Waals surface area contributed by atoms with E-state index < -0.39 is 0 Å². The van der Waals surface area contributed by atoms with Gasteiger partial charge >= 0.3 is 0 Å². The van der Waals surface area contributed by atoms with Gasteiger partial charge in [0.25, 0.3) is 0 Å². The van der Waals surface area contributed by atoms with Crippen molar-refractivity contribution in [2.45, 2.75) is 32.4 Å². The second-order valence-corrected chi connectivity index (χ2v) is 5.59. The van der Waals surface area contributed by atoms with E-state index in [0.29, 0.717) is 18.0 Å². The molecule has 1 aromatic heterocycles. The Kier molecular flexibility index (Phi) is 5.16. The molecular weight excluding hydrogens is 238 g/mol. The Hall–Kier alpha value is -1.13. The minimum Gasteiger partial charge on any atom is -0.383 e. The number of methoxy groups -OCH3 is 1. The Labute approximate surface area is 116 Å². The Morgan fingerprint density at radius 3 is 2.95 bits per heavy atom. The van der Waals surface area contributed by atoms with Crippen LogP contribution in [0, 0.1) is 5.92 Å². The van der Waals surface area contributed by atoms with Crippen LogP contribution in [0.3, 0.4) is 0 Å². The average molecular weight is 263 g/mol. The smallest absolute Gasteiger partial charge is 0.128 e. The summed E-state index contributed by atoms with van der Waals surface area (Å²) in [7, 11) is 1.77. The fourth-order valence-corrected chi connectivity index (χ4v) is 2.56. The van der Waals surface area contributed by atoms with Gasteiger partial charge in [0, 0.05) is 38.5 Å². The molecule has 4 nitrogen and oxygen atoms in total. The van der Waals surface area contributed by atoms with E-state index in [1.807, 2.05) is 18.3 Å². The lowest BCUT2D eigenvalue weighted by Crippen LogP contribution is -2.45. The third-order valence-corrected chi connectivity index (χ3v) is 3.76. The van der Waals surface area contributed by atoms with Crippen LogP contribution in [0.2, 0.25) is 0 Å². The van der Waals surface area contributed by atoms with Crippen LogP contribution in [0.4, 0.5) is 5.82 Å². The standard InChI is InChI=1S/C15H25N3O/c1-12(2)14(11-19-3)17-13-7-9-18(10-13)15-6-4-5-8-16-15/h4-6,8,12-14,17H,7,9-11H2,1-3H3/t13-,14-/m1/s1. The van der Waals surface area contributed by atoms with Crippen molar-refractivity contribution in [1.29, 1.82) is 0 Å². The highest BCUT2D eigenvalue weighted by Gasteiger charge is 2.26. The zero-order chi connectivity index (χ0) is 13.7. The molecule has 2 rings (SSSR count). The highest BCUT2D eigenvalue weighted by atomic mass is 16.5. The van der Waals surface area contributed by atoms with Crippen molar-refractivity contribution in [2.75, 3.05) is 31.7 Å². The van der Waals surface area contributed by atoms with Crippen molar-refractivity contribution < 1.29 is 4.74 Å². The lowest BCUT2D eigenvalue weighted by Gasteiger charge is -2.26. The molecule has 0 saturated carbocycles. The normalized spacial score (nSPS) is 21.1. The molecule has 0 spiro atoms. The molecule has 0 amide bonds. The zero-order valence-corrected chi connectivity index (χ0v) is 12.2. The van der Waals surface area contributed by atoms with E-state index in [4.69, 9.17) is 4.74 Å². The van der Waals surface area contributed by atoms with Crippen LogP contribution >= 0.6 is 0 Å². The summed E-state index contributed by atoms with van der Waals surface area (Å²) in [5.74, 6) is 1.67. The van der Waals surface area contributed by atoms with Gasteiger partial charge in [-0.25, -0.2) is 4.98 Å². The van der Waals surface area contributed by atoms with Crippen LogP contribution < -0.4 is 10.2 Å². The van der Waals surface area contributed by atoms with Gasteiger partial charge in [0.1, 0.15) is 5.82 Å². The SMILES string of the molecule is COC[C@@H](N[C@@H]1CCN(c2ccccn2)C1)C(C)C.